The highest BCUT2D eigenvalue weighted by Gasteiger charge is 2.44. The van der Waals surface area contributed by atoms with Crippen LogP contribution >= 0.6 is 0 Å². The van der Waals surface area contributed by atoms with Crippen LogP contribution in [-0.4, -0.2) is 31.5 Å². The van der Waals surface area contributed by atoms with Crippen LogP contribution in [0.4, 0.5) is 0 Å². The molecule has 0 amide bonds. The SMILES string of the molecule is NNC(CC1CCOC1)C1CCOC2(CCC2)C1. The lowest BCUT2D eigenvalue weighted by Gasteiger charge is -2.49. The molecule has 3 fully saturated rings. The molecule has 3 unspecified atom stereocenters. The molecule has 1 spiro atoms. The number of hydrazine groups is 1. The molecule has 3 rings (SSSR count). The largest absolute Gasteiger partial charge is 0.381 e. The number of nitrogens with two attached hydrogens (primary N) is 1. The maximum Gasteiger partial charge on any atom is 0.0685 e. The Bertz CT molecular complexity index is 275. The van der Waals surface area contributed by atoms with E-state index in [0.29, 0.717) is 17.9 Å². The van der Waals surface area contributed by atoms with Gasteiger partial charge in [0.1, 0.15) is 0 Å². The smallest absolute Gasteiger partial charge is 0.0685 e. The van der Waals surface area contributed by atoms with E-state index in [1.54, 1.807) is 0 Å². The summed E-state index contributed by atoms with van der Waals surface area (Å²) in [6.45, 7) is 2.77. The van der Waals surface area contributed by atoms with Gasteiger partial charge >= 0.3 is 0 Å². The highest BCUT2D eigenvalue weighted by atomic mass is 16.5. The van der Waals surface area contributed by atoms with E-state index < -0.39 is 0 Å². The van der Waals surface area contributed by atoms with Crippen LogP contribution in [0.5, 0.6) is 0 Å². The van der Waals surface area contributed by atoms with Crippen LogP contribution in [0.1, 0.15) is 44.9 Å². The maximum atomic E-state index is 6.00. The van der Waals surface area contributed by atoms with Crippen LogP contribution in [-0.2, 0) is 9.47 Å². The van der Waals surface area contributed by atoms with E-state index in [1.165, 1.54) is 32.1 Å². The van der Waals surface area contributed by atoms with Crippen LogP contribution in [0.25, 0.3) is 0 Å². The molecule has 0 aromatic heterocycles. The molecule has 3 aliphatic rings. The average molecular weight is 254 g/mol. The molecule has 0 radical (unpaired) electrons. The molecule has 2 heterocycles. The molecule has 4 nitrogen and oxygen atoms in total. The lowest BCUT2D eigenvalue weighted by atomic mass is 9.69. The number of hydrogen-bond acceptors (Lipinski definition) is 4. The van der Waals surface area contributed by atoms with Gasteiger partial charge in [0.2, 0.25) is 0 Å². The zero-order valence-electron chi connectivity index (χ0n) is 11.2. The van der Waals surface area contributed by atoms with Gasteiger partial charge in [-0.15, -0.1) is 0 Å². The predicted molar refractivity (Wildman–Crippen MR) is 69.9 cm³/mol. The van der Waals surface area contributed by atoms with Gasteiger partial charge in [0.25, 0.3) is 0 Å². The van der Waals surface area contributed by atoms with Crippen LogP contribution in [0.2, 0.25) is 0 Å². The second-order valence-electron chi connectivity index (χ2n) is 6.38. The van der Waals surface area contributed by atoms with Crippen molar-refractivity contribution in [2.24, 2.45) is 17.7 Å². The van der Waals surface area contributed by atoms with Gasteiger partial charge in [0.15, 0.2) is 0 Å². The first-order chi connectivity index (χ1) is 8.81. The Morgan fingerprint density at radius 2 is 2.17 bits per heavy atom. The molecule has 3 N–H and O–H groups in total. The van der Waals surface area contributed by atoms with Crippen LogP contribution in [0.3, 0.4) is 0 Å². The average Bonchev–Trinajstić information content (AvgIpc) is 2.87. The minimum absolute atomic E-state index is 0.226. The minimum Gasteiger partial charge on any atom is -0.381 e. The van der Waals surface area contributed by atoms with E-state index in [1.807, 2.05) is 0 Å². The first-order valence-electron chi connectivity index (χ1n) is 7.49. The third-order valence-corrected chi connectivity index (χ3v) is 5.19. The summed E-state index contributed by atoms with van der Waals surface area (Å²) >= 11 is 0. The molecule has 4 heteroatoms. The molecule has 18 heavy (non-hydrogen) atoms. The van der Waals surface area contributed by atoms with Crippen molar-refractivity contribution in [3.05, 3.63) is 0 Å². The monoisotopic (exact) mass is 254 g/mol. The number of rotatable bonds is 4. The fourth-order valence-corrected chi connectivity index (χ4v) is 3.85. The molecular formula is C14H26N2O2. The summed E-state index contributed by atoms with van der Waals surface area (Å²) in [5.74, 6) is 7.18. The summed E-state index contributed by atoms with van der Waals surface area (Å²) in [4.78, 5) is 0. The van der Waals surface area contributed by atoms with E-state index in [0.717, 1.165) is 32.7 Å². The molecule has 0 aromatic rings. The van der Waals surface area contributed by atoms with Crippen molar-refractivity contribution in [3.63, 3.8) is 0 Å². The van der Waals surface area contributed by atoms with Crippen LogP contribution in [0.15, 0.2) is 0 Å². The summed E-state index contributed by atoms with van der Waals surface area (Å²) in [5, 5.41) is 0. The molecule has 1 saturated carbocycles. The van der Waals surface area contributed by atoms with Crippen molar-refractivity contribution < 1.29 is 9.47 Å². The Morgan fingerprint density at radius 3 is 2.78 bits per heavy atom. The first-order valence-corrected chi connectivity index (χ1v) is 7.49. The normalized spacial score (nSPS) is 36.5. The number of hydrogen-bond donors (Lipinski definition) is 2. The number of nitrogens with one attached hydrogen (secondary N) is 1. The molecule has 0 bridgehead atoms. The van der Waals surface area contributed by atoms with Gasteiger partial charge in [-0.05, 0) is 56.8 Å². The van der Waals surface area contributed by atoms with E-state index in [-0.39, 0.29) is 5.60 Å². The lowest BCUT2D eigenvalue weighted by molar-refractivity contribution is -0.147. The third-order valence-electron chi connectivity index (χ3n) is 5.19. The van der Waals surface area contributed by atoms with Crippen molar-refractivity contribution in [1.82, 2.24) is 5.43 Å². The van der Waals surface area contributed by atoms with Gasteiger partial charge in [-0.25, -0.2) is 0 Å². The molecule has 3 atom stereocenters. The highest BCUT2D eigenvalue weighted by Crippen LogP contribution is 2.45. The van der Waals surface area contributed by atoms with Gasteiger partial charge in [-0.1, -0.05) is 0 Å². The maximum absolute atomic E-state index is 6.00. The summed E-state index contributed by atoms with van der Waals surface area (Å²) in [6.07, 6.45) is 8.58. The zero-order chi connectivity index (χ0) is 12.4. The van der Waals surface area contributed by atoms with Gasteiger partial charge < -0.3 is 9.47 Å². The van der Waals surface area contributed by atoms with Crippen molar-refractivity contribution in [2.75, 3.05) is 19.8 Å². The van der Waals surface area contributed by atoms with Crippen molar-refractivity contribution in [2.45, 2.75) is 56.6 Å². The second-order valence-corrected chi connectivity index (χ2v) is 6.38. The highest BCUT2D eigenvalue weighted by molar-refractivity contribution is 4.96. The van der Waals surface area contributed by atoms with Crippen molar-refractivity contribution in [1.29, 1.82) is 0 Å². The quantitative estimate of drug-likeness (QED) is 0.591. The van der Waals surface area contributed by atoms with E-state index in [2.05, 4.69) is 5.43 Å². The van der Waals surface area contributed by atoms with Crippen molar-refractivity contribution >= 4 is 0 Å². The molecule has 104 valence electrons. The van der Waals surface area contributed by atoms with Crippen molar-refractivity contribution in [3.8, 4) is 0 Å². The minimum atomic E-state index is 0.226. The molecular weight excluding hydrogens is 228 g/mol. The number of ether oxygens (including phenoxy) is 2. The lowest BCUT2D eigenvalue weighted by Crippen LogP contribution is -2.52. The fourth-order valence-electron chi connectivity index (χ4n) is 3.85. The third kappa shape index (κ3) is 2.57. The fraction of sp³-hybridized carbons (Fsp3) is 1.00. The van der Waals surface area contributed by atoms with Gasteiger partial charge in [-0.3, -0.25) is 11.3 Å². The van der Waals surface area contributed by atoms with E-state index in [4.69, 9.17) is 15.3 Å². The zero-order valence-corrected chi connectivity index (χ0v) is 11.2. The van der Waals surface area contributed by atoms with Crippen LogP contribution in [0, 0.1) is 11.8 Å². The molecule has 1 aliphatic carbocycles. The molecule has 2 aliphatic heterocycles. The Morgan fingerprint density at radius 1 is 1.28 bits per heavy atom. The van der Waals surface area contributed by atoms with Gasteiger partial charge in [0, 0.05) is 25.9 Å². The summed E-state index contributed by atoms with van der Waals surface area (Å²) < 4.78 is 11.5. The standard InChI is InChI=1S/C14H26N2O2/c15-16-13(8-11-2-6-17-10-11)12-3-7-18-14(9-12)4-1-5-14/h11-13,16H,1-10,15H2. The van der Waals surface area contributed by atoms with Crippen LogP contribution < -0.4 is 11.3 Å². The second kappa shape index (κ2) is 5.45. The topological polar surface area (TPSA) is 56.5 Å². The summed E-state index contributed by atoms with van der Waals surface area (Å²) in [6, 6.07) is 0.443. The predicted octanol–water partition coefficient (Wildman–Crippen LogP) is 1.59. The molecule has 2 saturated heterocycles. The van der Waals surface area contributed by atoms with E-state index >= 15 is 0 Å². The Hall–Kier alpha value is -0.160. The summed E-state index contributed by atoms with van der Waals surface area (Å²) in [7, 11) is 0. The Balaban J connectivity index is 1.56. The summed E-state index contributed by atoms with van der Waals surface area (Å²) in [5.41, 5.74) is 3.30. The van der Waals surface area contributed by atoms with E-state index in [9.17, 15) is 0 Å². The Kier molecular flexibility index (Phi) is 3.89. The Labute approximate surface area is 110 Å². The van der Waals surface area contributed by atoms with Gasteiger partial charge in [0.05, 0.1) is 5.60 Å². The molecule has 0 aromatic carbocycles. The first kappa shape index (κ1) is 12.9. The van der Waals surface area contributed by atoms with Gasteiger partial charge in [-0.2, -0.15) is 0 Å².